The standard InChI is InChI=1S/C16H23N3/c1-4-6-17-16(12-19-8-5-7-18-19)15-10-13(2)9-14(3)11-15/h5,7-11,16-17H,4,6,12H2,1-3H3. The zero-order valence-corrected chi connectivity index (χ0v) is 12.1. The Hall–Kier alpha value is -1.61. The molecule has 0 aliphatic rings. The van der Waals surface area contributed by atoms with Crippen LogP contribution >= 0.6 is 0 Å². The average molecular weight is 257 g/mol. The highest BCUT2D eigenvalue weighted by atomic mass is 15.3. The van der Waals surface area contributed by atoms with Gasteiger partial charge in [-0.15, -0.1) is 0 Å². The van der Waals surface area contributed by atoms with Crippen molar-refractivity contribution in [3.05, 3.63) is 53.3 Å². The van der Waals surface area contributed by atoms with Crippen molar-refractivity contribution in [1.29, 1.82) is 0 Å². The Labute approximate surface area is 115 Å². The number of hydrogen-bond donors (Lipinski definition) is 1. The number of nitrogens with zero attached hydrogens (tertiary/aromatic N) is 2. The summed E-state index contributed by atoms with van der Waals surface area (Å²) in [4.78, 5) is 0. The van der Waals surface area contributed by atoms with Crippen molar-refractivity contribution in [2.75, 3.05) is 6.54 Å². The van der Waals surface area contributed by atoms with E-state index in [-0.39, 0.29) is 0 Å². The molecule has 1 heterocycles. The normalized spacial score (nSPS) is 12.6. The van der Waals surface area contributed by atoms with E-state index in [4.69, 9.17) is 0 Å². The summed E-state index contributed by atoms with van der Waals surface area (Å²) in [5, 5.41) is 7.93. The van der Waals surface area contributed by atoms with Crippen LogP contribution in [0.4, 0.5) is 0 Å². The third-order valence-corrected chi connectivity index (χ3v) is 3.22. The van der Waals surface area contributed by atoms with Crippen LogP contribution < -0.4 is 5.32 Å². The van der Waals surface area contributed by atoms with Gasteiger partial charge in [-0.3, -0.25) is 4.68 Å². The van der Waals surface area contributed by atoms with Gasteiger partial charge in [0.25, 0.3) is 0 Å². The fraction of sp³-hybridized carbons (Fsp3) is 0.438. The van der Waals surface area contributed by atoms with Gasteiger partial charge in [-0.05, 0) is 38.4 Å². The van der Waals surface area contributed by atoms with E-state index in [1.54, 1.807) is 0 Å². The lowest BCUT2D eigenvalue weighted by Crippen LogP contribution is -2.26. The van der Waals surface area contributed by atoms with Gasteiger partial charge >= 0.3 is 0 Å². The van der Waals surface area contributed by atoms with Gasteiger partial charge in [-0.2, -0.15) is 5.10 Å². The van der Waals surface area contributed by atoms with Gasteiger partial charge < -0.3 is 5.32 Å². The van der Waals surface area contributed by atoms with E-state index < -0.39 is 0 Å². The van der Waals surface area contributed by atoms with Gasteiger partial charge in [0.1, 0.15) is 0 Å². The topological polar surface area (TPSA) is 29.9 Å². The molecule has 0 aliphatic heterocycles. The van der Waals surface area contributed by atoms with Crippen molar-refractivity contribution in [1.82, 2.24) is 15.1 Å². The number of nitrogens with one attached hydrogen (secondary N) is 1. The molecule has 0 spiro atoms. The largest absolute Gasteiger partial charge is 0.308 e. The molecule has 2 rings (SSSR count). The molecule has 1 atom stereocenters. The zero-order valence-electron chi connectivity index (χ0n) is 12.1. The molecule has 0 amide bonds. The van der Waals surface area contributed by atoms with Crippen LogP contribution in [0.1, 0.15) is 36.1 Å². The lowest BCUT2D eigenvalue weighted by atomic mass is 10.0. The highest BCUT2D eigenvalue weighted by Crippen LogP contribution is 2.18. The molecule has 102 valence electrons. The second-order valence-electron chi connectivity index (χ2n) is 5.16. The first-order valence-corrected chi connectivity index (χ1v) is 6.98. The number of aromatic nitrogens is 2. The average Bonchev–Trinajstić information content (AvgIpc) is 2.86. The molecule has 0 fully saturated rings. The third kappa shape index (κ3) is 3.93. The van der Waals surface area contributed by atoms with Crippen LogP contribution in [0.15, 0.2) is 36.7 Å². The van der Waals surface area contributed by atoms with Gasteiger partial charge in [-0.25, -0.2) is 0 Å². The molecule has 3 nitrogen and oxygen atoms in total. The van der Waals surface area contributed by atoms with Crippen molar-refractivity contribution in [3.63, 3.8) is 0 Å². The number of hydrogen-bond acceptors (Lipinski definition) is 2. The molecular formula is C16H23N3. The molecule has 19 heavy (non-hydrogen) atoms. The second kappa shape index (κ2) is 6.53. The molecule has 2 aromatic rings. The van der Waals surface area contributed by atoms with Crippen molar-refractivity contribution >= 4 is 0 Å². The minimum atomic E-state index is 0.318. The Balaban J connectivity index is 2.20. The van der Waals surface area contributed by atoms with Crippen LogP contribution in [0.25, 0.3) is 0 Å². The Bertz CT molecular complexity index is 482. The maximum atomic E-state index is 4.31. The molecule has 1 unspecified atom stereocenters. The monoisotopic (exact) mass is 257 g/mol. The van der Waals surface area contributed by atoms with Gasteiger partial charge in [0.15, 0.2) is 0 Å². The molecule has 1 N–H and O–H groups in total. The summed E-state index contributed by atoms with van der Waals surface area (Å²) >= 11 is 0. The molecule has 0 saturated carbocycles. The van der Waals surface area contributed by atoms with Crippen LogP contribution in [0.5, 0.6) is 0 Å². The van der Waals surface area contributed by atoms with E-state index in [1.807, 2.05) is 23.1 Å². The summed E-state index contributed by atoms with van der Waals surface area (Å²) in [5.41, 5.74) is 3.99. The minimum Gasteiger partial charge on any atom is -0.308 e. The molecule has 0 bridgehead atoms. The van der Waals surface area contributed by atoms with Gasteiger partial charge in [0, 0.05) is 12.4 Å². The molecule has 1 aromatic heterocycles. The summed E-state index contributed by atoms with van der Waals surface area (Å²) < 4.78 is 1.99. The summed E-state index contributed by atoms with van der Waals surface area (Å²) in [6.07, 6.45) is 4.99. The SMILES string of the molecule is CCCNC(Cn1cccn1)c1cc(C)cc(C)c1. The van der Waals surface area contributed by atoms with Crippen LogP contribution in [-0.2, 0) is 6.54 Å². The number of rotatable bonds is 6. The molecule has 0 saturated heterocycles. The predicted octanol–water partition coefficient (Wildman–Crippen LogP) is 3.24. The van der Waals surface area contributed by atoms with E-state index in [0.29, 0.717) is 6.04 Å². The van der Waals surface area contributed by atoms with E-state index in [9.17, 15) is 0 Å². The number of benzene rings is 1. The van der Waals surface area contributed by atoms with Gasteiger partial charge in [0.05, 0.1) is 12.6 Å². The molecule has 1 aromatic carbocycles. The first-order valence-electron chi connectivity index (χ1n) is 6.98. The van der Waals surface area contributed by atoms with E-state index in [0.717, 1.165) is 19.5 Å². The predicted molar refractivity (Wildman–Crippen MR) is 79.2 cm³/mol. The van der Waals surface area contributed by atoms with E-state index in [2.05, 4.69) is 49.4 Å². The van der Waals surface area contributed by atoms with Crippen LogP contribution in [-0.4, -0.2) is 16.3 Å². The fourth-order valence-corrected chi connectivity index (χ4v) is 2.41. The maximum absolute atomic E-state index is 4.31. The summed E-state index contributed by atoms with van der Waals surface area (Å²) in [6.45, 7) is 8.40. The fourth-order valence-electron chi connectivity index (χ4n) is 2.41. The van der Waals surface area contributed by atoms with Gasteiger partial charge in [-0.1, -0.05) is 36.2 Å². The number of aryl methyl sites for hydroxylation is 2. The van der Waals surface area contributed by atoms with Crippen molar-refractivity contribution in [3.8, 4) is 0 Å². The Morgan fingerprint density at radius 1 is 1.21 bits per heavy atom. The summed E-state index contributed by atoms with van der Waals surface area (Å²) in [6, 6.07) is 9.04. The Morgan fingerprint density at radius 2 is 1.95 bits per heavy atom. The molecular weight excluding hydrogens is 234 g/mol. The first-order chi connectivity index (χ1) is 9.19. The quantitative estimate of drug-likeness (QED) is 0.861. The Morgan fingerprint density at radius 3 is 2.53 bits per heavy atom. The first kappa shape index (κ1) is 13.8. The smallest absolute Gasteiger partial charge is 0.0604 e. The minimum absolute atomic E-state index is 0.318. The van der Waals surface area contributed by atoms with Crippen LogP contribution in [0, 0.1) is 13.8 Å². The Kier molecular flexibility index (Phi) is 4.74. The zero-order chi connectivity index (χ0) is 13.7. The molecule has 0 radical (unpaired) electrons. The second-order valence-corrected chi connectivity index (χ2v) is 5.16. The van der Waals surface area contributed by atoms with Crippen molar-refractivity contribution in [2.45, 2.75) is 39.8 Å². The van der Waals surface area contributed by atoms with E-state index in [1.165, 1.54) is 16.7 Å². The van der Waals surface area contributed by atoms with Crippen molar-refractivity contribution < 1.29 is 0 Å². The van der Waals surface area contributed by atoms with Crippen LogP contribution in [0.3, 0.4) is 0 Å². The molecule has 0 aliphatic carbocycles. The lowest BCUT2D eigenvalue weighted by Gasteiger charge is -2.20. The highest BCUT2D eigenvalue weighted by Gasteiger charge is 2.12. The summed E-state index contributed by atoms with van der Waals surface area (Å²) in [7, 11) is 0. The van der Waals surface area contributed by atoms with Gasteiger partial charge in [0.2, 0.25) is 0 Å². The maximum Gasteiger partial charge on any atom is 0.0604 e. The molecule has 3 heteroatoms. The van der Waals surface area contributed by atoms with E-state index >= 15 is 0 Å². The highest BCUT2D eigenvalue weighted by molar-refractivity contribution is 5.30. The lowest BCUT2D eigenvalue weighted by molar-refractivity contribution is 0.438. The van der Waals surface area contributed by atoms with Crippen LogP contribution in [0.2, 0.25) is 0 Å². The summed E-state index contributed by atoms with van der Waals surface area (Å²) in [5.74, 6) is 0. The third-order valence-electron chi connectivity index (χ3n) is 3.22. The van der Waals surface area contributed by atoms with Crippen molar-refractivity contribution in [2.24, 2.45) is 0 Å².